The van der Waals surface area contributed by atoms with E-state index in [1.54, 1.807) is 6.07 Å². The molecule has 0 spiro atoms. The van der Waals surface area contributed by atoms with Crippen LogP contribution in [0.25, 0.3) is 0 Å². The molecule has 0 aliphatic carbocycles. The highest BCUT2D eigenvalue weighted by Gasteiger charge is 2.15. The predicted octanol–water partition coefficient (Wildman–Crippen LogP) is 3.15. The summed E-state index contributed by atoms with van der Waals surface area (Å²) in [6.45, 7) is 1.43. The lowest BCUT2D eigenvalue weighted by molar-refractivity contribution is 0.0680. The average molecular weight is 299 g/mol. The SMILES string of the molecule is Nc1ccc(Nc2cccc(OCC3CCCO3)c2)c(N)c1. The molecule has 1 saturated heterocycles. The molecule has 0 radical (unpaired) electrons. The molecule has 5 N–H and O–H groups in total. The summed E-state index contributed by atoms with van der Waals surface area (Å²) in [5.41, 5.74) is 14.7. The van der Waals surface area contributed by atoms with Gasteiger partial charge in [0.05, 0.1) is 17.5 Å². The van der Waals surface area contributed by atoms with Crippen LogP contribution in [0, 0.1) is 0 Å². The minimum absolute atomic E-state index is 0.212. The van der Waals surface area contributed by atoms with Gasteiger partial charge in [0.25, 0.3) is 0 Å². The number of benzene rings is 2. The first kappa shape index (κ1) is 14.5. The first-order chi connectivity index (χ1) is 10.7. The van der Waals surface area contributed by atoms with E-state index in [9.17, 15) is 0 Å². The summed E-state index contributed by atoms with van der Waals surface area (Å²) in [5, 5.41) is 3.28. The topological polar surface area (TPSA) is 82.5 Å². The van der Waals surface area contributed by atoms with Gasteiger partial charge >= 0.3 is 0 Å². The van der Waals surface area contributed by atoms with Crippen LogP contribution in [-0.4, -0.2) is 19.3 Å². The van der Waals surface area contributed by atoms with Gasteiger partial charge in [-0.3, -0.25) is 0 Å². The second-order valence-corrected chi connectivity index (χ2v) is 5.45. The molecule has 2 aromatic carbocycles. The van der Waals surface area contributed by atoms with E-state index in [1.165, 1.54) is 0 Å². The van der Waals surface area contributed by atoms with Crippen LogP contribution in [0.3, 0.4) is 0 Å². The molecule has 0 aromatic heterocycles. The molecule has 5 nitrogen and oxygen atoms in total. The van der Waals surface area contributed by atoms with Crippen LogP contribution in [0.1, 0.15) is 12.8 Å². The Morgan fingerprint density at radius 3 is 2.86 bits per heavy atom. The number of nitrogen functional groups attached to an aromatic ring is 2. The Labute approximate surface area is 130 Å². The monoisotopic (exact) mass is 299 g/mol. The maximum atomic E-state index is 5.96. The number of hydrogen-bond acceptors (Lipinski definition) is 5. The fraction of sp³-hybridized carbons (Fsp3) is 0.294. The van der Waals surface area contributed by atoms with E-state index >= 15 is 0 Å². The fourth-order valence-electron chi connectivity index (χ4n) is 2.48. The zero-order valence-electron chi connectivity index (χ0n) is 12.4. The van der Waals surface area contributed by atoms with Crippen molar-refractivity contribution in [2.75, 3.05) is 30.0 Å². The van der Waals surface area contributed by atoms with Crippen molar-refractivity contribution in [1.82, 2.24) is 0 Å². The largest absolute Gasteiger partial charge is 0.491 e. The minimum atomic E-state index is 0.212. The highest BCUT2D eigenvalue weighted by atomic mass is 16.5. The molecule has 1 fully saturated rings. The second kappa shape index (κ2) is 6.58. The third-order valence-corrected chi connectivity index (χ3v) is 3.65. The number of nitrogens with two attached hydrogens (primary N) is 2. The molecule has 5 heteroatoms. The maximum absolute atomic E-state index is 5.96. The van der Waals surface area contributed by atoms with Gasteiger partial charge in [0.15, 0.2) is 0 Å². The van der Waals surface area contributed by atoms with Crippen molar-refractivity contribution >= 4 is 22.7 Å². The van der Waals surface area contributed by atoms with Gasteiger partial charge in [0.2, 0.25) is 0 Å². The van der Waals surface area contributed by atoms with Crippen molar-refractivity contribution in [3.63, 3.8) is 0 Å². The van der Waals surface area contributed by atoms with Gasteiger partial charge in [-0.25, -0.2) is 0 Å². The van der Waals surface area contributed by atoms with Crippen LogP contribution >= 0.6 is 0 Å². The van der Waals surface area contributed by atoms with Crippen molar-refractivity contribution in [3.05, 3.63) is 42.5 Å². The summed E-state index contributed by atoms with van der Waals surface area (Å²) in [6, 6.07) is 13.2. The zero-order chi connectivity index (χ0) is 15.4. The van der Waals surface area contributed by atoms with Gasteiger partial charge in [0.1, 0.15) is 12.4 Å². The van der Waals surface area contributed by atoms with Gasteiger partial charge in [-0.2, -0.15) is 0 Å². The highest BCUT2D eigenvalue weighted by Crippen LogP contribution is 2.27. The van der Waals surface area contributed by atoms with Crippen molar-refractivity contribution < 1.29 is 9.47 Å². The molecule has 1 atom stereocenters. The first-order valence-corrected chi connectivity index (χ1v) is 7.47. The van der Waals surface area contributed by atoms with Gasteiger partial charge in [0, 0.05) is 24.0 Å². The first-order valence-electron chi connectivity index (χ1n) is 7.47. The van der Waals surface area contributed by atoms with Gasteiger partial charge in [-0.1, -0.05) is 6.07 Å². The molecule has 0 saturated carbocycles. The summed E-state index contributed by atoms with van der Waals surface area (Å²) >= 11 is 0. The molecule has 116 valence electrons. The van der Waals surface area contributed by atoms with E-state index in [0.29, 0.717) is 18.0 Å². The van der Waals surface area contributed by atoms with Crippen LogP contribution in [0.5, 0.6) is 5.75 Å². The number of ether oxygens (including phenoxy) is 2. The molecular formula is C17H21N3O2. The van der Waals surface area contributed by atoms with Crippen LogP contribution in [0.4, 0.5) is 22.7 Å². The molecule has 1 aliphatic heterocycles. The Morgan fingerprint density at radius 1 is 1.18 bits per heavy atom. The Bertz CT molecular complexity index is 640. The summed E-state index contributed by atoms with van der Waals surface area (Å²) in [7, 11) is 0. The average Bonchev–Trinajstić information content (AvgIpc) is 3.02. The van der Waals surface area contributed by atoms with Gasteiger partial charge in [-0.05, 0) is 43.2 Å². The molecule has 2 aromatic rings. The normalized spacial score (nSPS) is 17.4. The molecule has 1 aliphatic rings. The standard InChI is InChI=1S/C17H21N3O2/c18-12-6-7-17(16(19)9-12)20-13-3-1-4-14(10-13)22-11-15-5-2-8-21-15/h1,3-4,6-7,9-10,15,20H,2,5,8,11,18-19H2. The Kier molecular flexibility index (Phi) is 4.34. The lowest BCUT2D eigenvalue weighted by Crippen LogP contribution is -2.16. The number of nitrogens with one attached hydrogen (secondary N) is 1. The minimum Gasteiger partial charge on any atom is -0.491 e. The number of anilines is 4. The summed E-state index contributed by atoms with van der Waals surface area (Å²) in [6.07, 6.45) is 2.40. The smallest absolute Gasteiger partial charge is 0.121 e. The molecule has 0 bridgehead atoms. The highest BCUT2D eigenvalue weighted by molar-refractivity contribution is 5.75. The lowest BCUT2D eigenvalue weighted by Gasteiger charge is -2.14. The second-order valence-electron chi connectivity index (χ2n) is 5.45. The summed E-state index contributed by atoms with van der Waals surface area (Å²) in [4.78, 5) is 0. The molecule has 0 amide bonds. The number of rotatable bonds is 5. The van der Waals surface area contributed by atoms with Crippen molar-refractivity contribution in [1.29, 1.82) is 0 Å². The van der Waals surface area contributed by atoms with Crippen LogP contribution < -0.4 is 21.5 Å². The third kappa shape index (κ3) is 3.62. The molecule has 22 heavy (non-hydrogen) atoms. The molecular weight excluding hydrogens is 278 g/mol. The number of hydrogen-bond donors (Lipinski definition) is 3. The fourth-order valence-corrected chi connectivity index (χ4v) is 2.48. The quantitative estimate of drug-likeness (QED) is 0.739. The molecule has 1 unspecified atom stereocenters. The van der Waals surface area contributed by atoms with Gasteiger partial charge in [-0.15, -0.1) is 0 Å². The van der Waals surface area contributed by atoms with E-state index < -0.39 is 0 Å². The molecule has 1 heterocycles. The lowest BCUT2D eigenvalue weighted by atomic mass is 10.2. The van der Waals surface area contributed by atoms with Gasteiger partial charge < -0.3 is 26.3 Å². The third-order valence-electron chi connectivity index (χ3n) is 3.65. The maximum Gasteiger partial charge on any atom is 0.121 e. The van der Waals surface area contributed by atoms with Crippen LogP contribution in [0.15, 0.2) is 42.5 Å². The van der Waals surface area contributed by atoms with E-state index in [4.69, 9.17) is 20.9 Å². The Hall–Kier alpha value is -2.40. The van der Waals surface area contributed by atoms with E-state index in [2.05, 4.69) is 5.32 Å². The van der Waals surface area contributed by atoms with Crippen LogP contribution in [-0.2, 0) is 4.74 Å². The molecule has 3 rings (SSSR count). The zero-order valence-corrected chi connectivity index (χ0v) is 12.4. The van der Waals surface area contributed by atoms with E-state index in [1.807, 2.05) is 36.4 Å². The predicted molar refractivity (Wildman–Crippen MR) is 89.5 cm³/mol. The van der Waals surface area contributed by atoms with Crippen molar-refractivity contribution in [2.45, 2.75) is 18.9 Å². The Balaban J connectivity index is 1.65. The van der Waals surface area contributed by atoms with E-state index in [-0.39, 0.29) is 6.10 Å². The summed E-state index contributed by atoms with van der Waals surface area (Å²) in [5.74, 6) is 0.814. The summed E-state index contributed by atoms with van der Waals surface area (Å²) < 4.78 is 11.4. The Morgan fingerprint density at radius 2 is 2.09 bits per heavy atom. The van der Waals surface area contributed by atoms with Crippen LogP contribution in [0.2, 0.25) is 0 Å². The van der Waals surface area contributed by atoms with Crippen molar-refractivity contribution in [2.24, 2.45) is 0 Å². The van der Waals surface area contributed by atoms with E-state index in [0.717, 1.165) is 36.6 Å². The van der Waals surface area contributed by atoms with Crippen molar-refractivity contribution in [3.8, 4) is 5.75 Å².